The zero-order valence-electron chi connectivity index (χ0n) is 6.54. The Morgan fingerprint density at radius 2 is 1.17 bits per heavy atom. The molecule has 0 radical (unpaired) electrons. The van der Waals surface area contributed by atoms with E-state index < -0.39 is 11.9 Å². The van der Waals surface area contributed by atoms with Crippen LogP contribution in [-0.4, -0.2) is 27.6 Å². The van der Waals surface area contributed by atoms with Crippen LogP contribution in [0.4, 0.5) is 0 Å². The van der Waals surface area contributed by atoms with Gasteiger partial charge < -0.3 is 15.7 Å². The molecule has 0 unspecified atom stereocenters. The summed E-state index contributed by atoms with van der Waals surface area (Å²) in [5.41, 5.74) is 0. The first kappa shape index (κ1) is 17.8. The molecule has 0 bridgehead atoms. The zero-order chi connectivity index (χ0) is 7.98. The van der Waals surface area contributed by atoms with Crippen molar-refractivity contribution in [1.82, 2.24) is 0 Å². The Morgan fingerprint density at radius 3 is 1.33 bits per heavy atom. The van der Waals surface area contributed by atoms with E-state index >= 15 is 0 Å². The molecule has 0 saturated carbocycles. The predicted molar refractivity (Wildman–Crippen MR) is 37.4 cm³/mol. The van der Waals surface area contributed by atoms with E-state index in [0.717, 1.165) is 0 Å². The van der Waals surface area contributed by atoms with Gasteiger partial charge in [-0.1, -0.05) is 0 Å². The molecule has 0 aromatic rings. The molecule has 0 atom stereocenters. The van der Waals surface area contributed by atoms with Gasteiger partial charge in [-0.05, 0) is 12.8 Å². The standard InChI is InChI=1S/C6H10O4.H2O.Zr/c7-5(8)3-1-2-4-6(9)10;;/h1-4H2,(H,7,8)(H,9,10);1H2;. The normalized spacial score (nSPS) is 7.67. The molecule has 12 heavy (non-hydrogen) atoms. The molecule has 0 saturated heterocycles. The minimum atomic E-state index is -0.870. The van der Waals surface area contributed by atoms with Gasteiger partial charge in [0.15, 0.2) is 0 Å². The second kappa shape index (κ2) is 10.8. The van der Waals surface area contributed by atoms with E-state index in [1.54, 1.807) is 0 Å². The maximum atomic E-state index is 9.90. The maximum Gasteiger partial charge on any atom is 0.303 e. The van der Waals surface area contributed by atoms with Crippen molar-refractivity contribution < 1.29 is 51.5 Å². The summed E-state index contributed by atoms with van der Waals surface area (Å²) in [6, 6.07) is 0. The van der Waals surface area contributed by atoms with Gasteiger partial charge in [-0.3, -0.25) is 9.59 Å². The molecule has 0 rings (SSSR count). The predicted octanol–water partition coefficient (Wildman–Crippen LogP) is -0.111. The number of carboxylic acid groups (broad SMARTS) is 2. The summed E-state index contributed by atoms with van der Waals surface area (Å²) in [7, 11) is 0. The number of carboxylic acids is 2. The van der Waals surface area contributed by atoms with Gasteiger partial charge >= 0.3 is 11.9 Å². The Balaban J connectivity index is -0.000000405. The quantitative estimate of drug-likeness (QED) is 0.668. The fourth-order valence-corrected chi connectivity index (χ4v) is 0.552. The van der Waals surface area contributed by atoms with Crippen molar-refractivity contribution in [2.75, 3.05) is 0 Å². The average molecular weight is 255 g/mol. The molecular weight excluding hydrogens is 243 g/mol. The smallest absolute Gasteiger partial charge is 0.303 e. The summed E-state index contributed by atoms with van der Waals surface area (Å²) in [6.07, 6.45) is 1.02. The summed E-state index contributed by atoms with van der Waals surface area (Å²) < 4.78 is 0. The van der Waals surface area contributed by atoms with Crippen LogP contribution >= 0.6 is 0 Å². The van der Waals surface area contributed by atoms with Gasteiger partial charge in [0, 0.05) is 39.0 Å². The molecule has 0 heterocycles. The third kappa shape index (κ3) is 16.4. The van der Waals surface area contributed by atoms with Crippen LogP contribution in [0.1, 0.15) is 25.7 Å². The van der Waals surface area contributed by atoms with Crippen molar-refractivity contribution >= 4 is 11.9 Å². The number of hydrogen-bond donors (Lipinski definition) is 2. The number of hydrogen-bond acceptors (Lipinski definition) is 2. The van der Waals surface area contributed by atoms with Crippen molar-refractivity contribution in [2.45, 2.75) is 25.7 Å². The van der Waals surface area contributed by atoms with E-state index in [2.05, 4.69) is 0 Å². The van der Waals surface area contributed by atoms with Gasteiger partial charge in [0.25, 0.3) is 0 Å². The second-order valence-electron chi connectivity index (χ2n) is 1.99. The first-order valence-electron chi connectivity index (χ1n) is 3.06. The minimum absolute atomic E-state index is 0. The Hall–Kier alpha value is -0.217. The van der Waals surface area contributed by atoms with Gasteiger partial charge in [-0.15, -0.1) is 0 Å². The van der Waals surface area contributed by atoms with Crippen molar-refractivity contribution in [3.63, 3.8) is 0 Å². The number of unbranched alkanes of at least 4 members (excludes halogenated alkanes) is 1. The van der Waals surface area contributed by atoms with Crippen LogP contribution in [0.25, 0.3) is 0 Å². The van der Waals surface area contributed by atoms with Crippen LogP contribution in [0.5, 0.6) is 0 Å². The molecule has 0 fully saturated rings. The Bertz CT molecular complexity index is 120. The average Bonchev–Trinajstić information content (AvgIpc) is 1.79. The molecule has 0 aromatic carbocycles. The molecule has 6 heteroatoms. The monoisotopic (exact) mass is 254 g/mol. The third-order valence-corrected chi connectivity index (χ3v) is 1.03. The Kier molecular flexibility index (Phi) is 16.0. The van der Waals surface area contributed by atoms with Gasteiger partial charge in [0.05, 0.1) is 0 Å². The molecule has 0 aliphatic rings. The largest absolute Gasteiger partial charge is 0.481 e. The van der Waals surface area contributed by atoms with Crippen molar-refractivity contribution in [2.24, 2.45) is 0 Å². The second-order valence-corrected chi connectivity index (χ2v) is 1.99. The summed E-state index contributed by atoms with van der Waals surface area (Å²) in [4.78, 5) is 19.8. The Morgan fingerprint density at radius 1 is 0.917 bits per heavy atom. The molecule has 70 valence electrons. The van der Waals surface area contributed by atoms with Crippen molar-refractivity contribution in [1.29, 1.82) is 0 Å². The molecular formula is C6H12O5Zr. The number of rotatable bonds is 5. The molecule has 0 aliphatic carbocycles. The van der Waals surface area contributed by atoms with E-state index in [0.29, 0.717) is 12.8 Å². The van der Waals surface area contributed by atoms with E-state index in [-0.39, 0.29) is 44.5 Å². The molecule has 0 aliphatic heterocycles. The van der Waals surface area contributed by atoms with Crippen LogP contribution in [-0.2, 0) is 35.8 Å². The summed E-state index contributed by atoms with van der Waals surface area (Å²) in [5, 5.41) is 16.3. The van der Waals surface area contributed by atoms with Crippen LogP contribution in [0, 0.1) is 0 Å². The Labute approximate surface area is 89.2 Å². The van der Waals surface area contributed by atoms with Crippen molar-refractivity contribution in [3.8, 4) is 0 Å². The summed E-state index contributed by atoms with van der Waals surface area (Å²) >= 11 is 0. The molecule has 0 spiro atoms. The third-order valence-electron chi connectivity index (χ3n) is 1.03. The van der Waals surface area contributed by atoms with Crippen LogP contribution in [0.15, 0.2) is 0 Å². The number of carbonyl (C=O) groups is 2. The molecule has 0 aromatic heterocycles. The first-order valence-corrected chi connectivity index (χ1v) is 3.06. The van der Waals surface area contributed by atoms with Crippen molar-refractivity contribution in [3.05, 3.63) is 0 Å². The van der Waals surface area contributed by atoms with Gasteiger partial charge in [0.1, 0.15) is 0 Å². The number of aliphatic carboxylic acids is 2. The molecule has 5 nitrogen and oxygen atoms in total. The fraction of sp³-hybridized carbons (Fsp3) is 0.667. The zero-order valence-corrected chi connectivity index (χ0v) is 9.00. The summed E-state index contributed by atoms with van der Waals surface area (Å²) in [6.45, 7) is 0. The molecule has 0 amide bonds. The van der Waals surface area contributed by atoms with E-state index in [1.807, 2.05) is 0 Å². The maximum absolute atomic E-state index is 9.90. The van der Waals surface area contributed by atoms with E-state index in [4.69, 9.17) is 10.2 Å². The topological polar surface area (TPSA) is 106 Å². The van der Waals surface area contributed by atoms with E-state index in [1.165, 1.54) is 0 Å². The van der Waals surface area contributed by atoms with Crippen LogP contribution < -0.4 is 0 Å². The SMILES string of the molecule is O.O=C(O)CCCCC(=O)O.[Zr]. The fourth-order valence-electron chi connectivity index (χ4n) is 0.552. The van der Waals surface area contributed by atoms with Gasteiger partial charge in [-0.2, -0.15) is 0 Å². The first-order chi connectivity index (χ1) is 4.63. The summed E-state index contributed by atoms with van der Waals surface area (Å²) in [5.74, 6) is -1.74. The van der Waals surface area contributed by atoms with Gasteiger partial charge in [-0.25, -0.2) is 0 Å². The minimum Gasteiger partial charge on any atom is -0.481 e. The van der Waals surface area contributed by atoms with E-state index in [9.17, 15) is 9.59 Å². The van der Waals surface area contributed by atoms with Gasteiger partial charge in [0.2, 0.25) is 0 Å². The van der Waals surface area contributed by atoms with Crippen LogP contribution in [0.2, 0.25) is 0 Å². The van der Waals surface area contributed by atoms with Crippen LogP contribution in [0.3, 0.4) is 0 Å². The molecule has 4 N–H and O–H groups in total.